The molecule has 0 N–H and O–H groups in total. The average molecular weight is 318 g/mol. The summed E-state index contributed by atoms with van der Waals surface area (Å²) in [5.41, 5.74) is 2.76. The molecular weight excluding hydrogens is 306 g/mol. The first-order valence-corrected chi connectivity index (χ1v) is 6.80. The van der Waals surface area contributed by atoms with E-state index in [1.165, 1.54) is 5.06 Å². The first-order chi connectivity index (χ1) is 9.24. The van der Waals surface area contributed by atoms with Gasteiger partial charge in [-0.25, -0.2) is 5.06 Å². The maximum atomic E-state index is 12.1. The van der Waals surface area contributed by atoms with Gasteiger partial charge < -0.3 is 0 Å². The molecule has 0 spiro atoms. The maximum absolute atomic E-state index is 12.1. The average Bonchev–Trinajstić information content (AvgIpc) is 2.74. The molecular formula is C15H12BrNO2. The molecule has 4 heteroatoms. The molecule has 0 saturated heterocycles. The highest BCUT2D eigenvalue weighted by Crippen LogP contribution is 2.26. The van der Waals surface area contributed by atoms with Gasteiger partial charge in [0.25, 0.3) is 5.91 Å². The van der Waals surface area contributed by atoms with Crippen molar-refractivity contribution >= 4 is 21.8 Å². The number of halogens is 1. The largest absolute Gasteiger partial charge is 0.278 e. The van der Waals surface area contributed by atoms with Crippen molar-refractivity contribution in [1.29, 1.82) is 0 Å². The van der Waals surface area contributed by atoms with E-state index in [4.69, 9.17) is 4.84 Å². The molecule has 0 atom stereocenters. The molecule has 19 heavy (non-hydrogen) atoms. The quantitative estimate of drug-likeness (QED) is 0.866. The van der Waals surface area contributed by atoms with Gasteiger partial charge >= 0.3 is 0 Å². The Labute approximate surface area is 119 Å². The van der Waals surface area contributed by atoms with Gasteiger partial charge in [-0.1, -0.05) is 46.3 Å². The predicted octanol–water partition coefficient (Wildman–Crippen LogP) is 3.54. The number of carbonyl (C=O) groups excluding carboxylic acids is 1. The first-order valence-electron chi connectivity index (χ1n) is 6.01. The fourth-order valence-corrected chi connectivity index (χ4v) is 2.50. The maximum Gasteiger partial charge on any atom is 0.278 e. The summed E-state index contributed by atoms with van der Waals surface area (Å²) < 4.78 is 0.976. The Kier molecular flexibility index (Phi) is 3.36. The number of hydroxylamine groups is 2. The van der Waals surface area contributed by atoms with Gasteiger partial charge in [0.05, 0.1) is 6.54 Å². The van der Waals surface area contributed by atoms with Gasteiger partial charge in [0.15, 0.2) is 0 Å². The van der Waals surface area contributed by atoms with E-state index in [0.29, 0.717) is 13.2 Å². The van der Waals surface area contributed by atoms with E-state index in [1.807, 2.05) is 48.5 Å². The third-order valence-corrected chi connectivity index (χ3v) is 3.56. The Bertz CT molecular complexity index is 613. The molecule has 1 aliphatic heterocycles. The molecule has 1 amide bonds. The van der Waals surface area contributed by atoms with Crippen molar-refractivity contribution in [2.24, 2.45) is 0 Å². The second-order valence-corrected chi connectivity index (χ2v) is 5.32. The molecule has 3 rings (SSSR count). The Morgan fingerprint density at radius 1 is 1.16 bits per heavy atom. The van der Waals surface area contributed by atoms with E-state index >= 15 is 0 Å². The molecule has 0 aromatic heterocycles. The van der Waals surface area contributed by atoms with Crippen LogP contribution in [-0.4, -0.2) is 11.0 Å². The number of amides is 1. The normalized spacial score (nSPS) is 13.7. The highest BCUT2D eigenvalue weighted by atomic mass is 79.9. The molecule has 0 unspecified atom stereocenters. The lowest BCUT2D eigenvalue weighted by molar-refractivity contribution is -0.134. The summed E-state index contributed by atoms with van der Waals surface area (Å²) >= 11 is 3.41. The SMILES string of the molecule is O=C1c2ccc(Br)cc2CN1OCc1ccccc1. The molecule has 96 valence electrons. The monoisotopic (exact) mass is 317 g/mol. The molecule has 2 aromatic carbocycles. The van der Waals surface area contributed by atoms with Gasteiger partial charge in [0.1, 0.15) is 6.61 Å². The Morgan fingerprint density at radius 2 is 1.95 bits per heavy atom. The van der Waals surface area contributed by atoms with Crippen molar-refractivity contribution in [2.45, 2.75) is 13.2 Å². The van der Waals surface area contributed by atoms with Crippen molar-refractivity contribution in [2.75, 3.05) is 0 Å². The second-order valence-electron chi connectivity index (χ2n) is 4.40. The van der Waals surface area contributed by atoms with Crippen molar-refractivity contribution in [3.63, 3.8) is 0 Å². The van der Waals surface area contributed by atoms with E-state index in [0.717, 1.165) is 21.2 Å². The highest BCUT2D eigenvalue weighted by molar-refractivity contribution is 9.10. The Balaban J connectivity index is 1.70. The van der Waals surface area contributed by atoms with Gasteiger partial charge in [-0.3, -0.25) is 9.63 Å². The lowest BCUT2D eigenvalue weighted by Gasteiger charge is -2.15. The summed E-state index contributed by atoms with van der Waals surface area (Å²) in [6, 6.07) is 15.5. The van der Waals surface area contributed by atoms with E-state index in [1.54, 1.807) is 0 Å². The van der Waals surface area contributed by atoms with E-state index in [-0.39, 0.29) is 5.91 Å². The van der Waals surface area contributed by atoms with Gasteiger partial charge in [0, 0.05) is 10.0 Å². The number of hydrogen-bond donors (Lipinski definition) is 0. The number of nitrogens with zero attached hydrogens (tertiary/aromatic N) is 1. The van der Waals surface area contributed by atoms with Crippen molar-refractivity contribution in [3.05, 3.63) is 69.7 Å². The topological polar surface area (TPSA) is 29.5 Å². The highest BCUT2D eigenvalue weighted by Gasteiger charge is 2.28. The van der Waals surface area contributed by atoms with Gasteiger partial charge in [-0.05, 0) is 29.3 Å². The summed E-state index contributed by atoms with van der Waals surface area (Å²) in [6.45, 7) is 0.905. The standard InChI is InChI=1S/C15H12BrNO2/c16-13-6-7-14-12(8-13)9-17(15(14)18)19-10-11-4-2-1-3-5-11/h1-8H,9-10H2. The molecule has 1 aliphatic rings. The van der Waals surface area contributed by atoms with Crippen LogP contribution in [0.1, 0.15) is 21.5 Å². The summed E-state index contributed by atoms with van der Waals surface area (Å²) in [5.74, 6) is -0.0709. The number of hydrogen-bond acceptors (Lipinski definition) is 2. The van der Waals surface area contributed by atoms with Gasteiger partial charge in [0.2, 0.25) is 0 Å². The fraction of sp³-hybridized carbons (Fsp3) is 0.133. The Morgan fingerprint density at radius 3 is 2.74 bits per heavy atom. The van der Waals surface area contributed by atoms with Crippen LogP contribution in [0.4, 0.5) is 0 Å². The van der Waals surface area contributed by atoms with Crippen LogP contribution in [0.3, 0.4) is 0 Å². The Hall–Kier alpha value is -1.65. The number of rotatable bonds is 3. The summed E-state index contributed by atoms with van der Waals surface area (Å²) in [4.78, 5) is 17.7. The minimum atomic E-state index is -0.0709. The van der Waals surface area contributed by atoms with E-state index < -0.39 is 0 Å². The fourth-order valence-electron chi connectivity index (χ4n) is 2.09. The number of carbonyl (C=O) groups is 1. The van der Waals surface area contributed by atoms with Gasteiger partial charge in [-0.15, -0.1) is 0 Å². The van der Waals surface area contributed by atoms with Crippen LogP contribution in [0.2, 0.25) is 0 Å². The molecule has 0 saturated carbocycles. The molecule has 1 heterocycles. The van der Waals surface area contributed by atoms with Crippen molar-refractivity contribution in [3.8, 4) is 0 Å². The van der Waals surface area contributed by atoms with Crippen molar-refractivity contribution in [1.82, 2.24) is 5.06 Å². The smallest absolute Gasteiger partial charge is 0.267 e. The van der Waals surface area contributed by atoms with Crippen LogP contribution in [-0.2, 0) is 18.0 Å². The molecule has 0 fully saturated rings. The van der Waals surface area contributed by atoms with Crippen LogP contribution in [0.5, 0.6) is 0 Å². The molecule has 0 bridgehead atoms. The molecule has 0 aliphatic carbocycles. The zero-order chi connectivity index (χ0) is 13.2. The third kappa shape index (κ3) is 2.55. The van der Waals surface area contributed by atoms with Crippen LogP contribution >= 0.6 is 15.9 Å². The van der Waals surface area contributed by atoms with E-state index in [9.17, 15) is 4.79 Å². The number of fused-ring (bicyclic) bond motifs is 1. The summed E-state index contributed by atoms with van der Waals surface area (Å²) in [7, 11) is 0. The summed E-state index contributed by atoms with van der Waals surface area (Å²) in [6.07, 6.45) is 0. The van der Waals surface area contributed by atoms with Gasteiger partial charge in [-0.2, -0.15) is 0 Å². The lowest BCUT2D eigenvalue weighted by atomic mass is 10.1. The zero-order valence-corrected chi connectivity index (χ0v) is 11.8. The lowest BCUT2D eigenvalue weighted by Crippen LogP contribution is -2.23. The van der Waals surface area contributed by atoms with E-state index in [2.05, 4.69) is 15.9 Å². The predicted molar refractivity (Wildman–Crippen MR) is 75.2 cm³/mol. The first kappa shape index (κ1) is 12.4. The van der Waals surface area contributed by atoms with Crippen molar-refractivity contribution < 1.29 is 9.63 Å². The second kappa shape index (κ2) is 5.15. The molecule has 3 nitrogen and oxygen atoms in total. The zero-order valence-electron chi connectivity index (χ0n) is 10.2. The minimum Gasteiger partial charge on any atom is -0.267 e. The van der Waals surface area contributed by atoms with Crippen LogP contribution in [0.15, 0.2) is 53.0 Å². The summed E-state index contributed by atoms with van der Waals surface area (Å²) in [5, 5.41) is 1.42. The van der Waals surface area contributed by atoms with Crippen LogP contribution in [0.25, 0.3) is 0 Å². The molecule has 0 radical (unpaired) electrons. The molecule has 2 aromatic rings. The van der Waals surface area contributed by atoms with Crippen LogP contribution in [0, 0.1) is 0 Å². The van der Waals surface area contributed by atoms with Crippen LogP contribution < -0.4 is 0 Å². The third-order valence-electron chi connectivity index (χ3n) is 3.07. The minimum absolute atomic E-state index is 0.0709. The number of benzene rings is 2.